The number of nitrogens with two attached hydrogens (primary N) is 2. The molecule has 0 rings (SSSR count). The van der Waals surface area contributed by atoms with Crippen LogP contribution in [-0.4, -0.2) is 37.7 Å². The van der Waals surface area contributed by atoms with Crippen LogP contribution in [-0.2, 0) is 14.8 Å². The Bertz CT molecular complexity index is 350. The SMILES string of the molecule is CC(C(=O)NCCS(N)(=O)=O)C(N)=NO. The van der Waals surface area contributed by atoms with Gasteiger partial charge in [-0.3, -0.25) is 4.79 Å². The first kappa shape index (κ1) is 13.7. The van der Waals surface area contributed by atoms with Crippen molar-refractivity contribution >= 4 is 21.8 Å². The molecule has 1 atom stereocenters. The third-order valence-corrected chi connectivity index (χ3v) is 2.41. The molecule has 0 aliphatic carbocycles. The van der Waals surface area contributed by atoms with Crippen LogP contribution in [0.3, 0.4) is 0 Å². The summed E-state index contributed by atoms with van der Waals surface area (Å²) in [5.41, 5.74) is 5.17. The molecule has 15 heavy (non-hydrogen) atoms. The molecule has 0 heterocycles. The number of nitrogens with one attached hydrogen (secondary N) is 1. The number of primary sulfonamides is 1. The Hall–Kier alpha value is -1.35. The molecule has 0 aliphatic rings. The topological polar surface area (TPSA) is 148 Å². The summed E-state index contributed by atoms with van der Waals surface area (Å²) in [4.78, 5) is 11.2. The summed E-state index contributed by atoms with van der Waals surface area (Å²) < 4.78 is 21.0. The molecule has 1 unspecified atom stereocenters. The van der Waals surface area contributed by atoms with E-state index >= 15 is 0 Å². The highest BCUT2D eigenvalue weighted by molar-refractivity contribution is 7.89. The van der Waals surface area contributed by atoms with Gasteiger partial charge in [-0.15, -0.1) is 0 Å². The zero-order chi connectivity index (χ0) is 12.1. The molecule has 0 saturated heterocycles. The smallest absolute Gasteiger partial charge is 0.230 e. The van der Waals surface area contributed by atoms with Gasteiger partial charge in [0.2, 0.25) is 15.9 Å². The molecule has 9 heteroatoms. The third-order valence-electron chi connectivity index (χ3n) is 1.64. The predicted octanol–water partition coefficient (Wildman–Crippen LogP) is -2.23. The summed E-state index contributed by atoms with van der Waals surface area (Å²) in [6.45, 7) is 1.31. The standard InChI is InChI=1S/C6H14N4O4S/c1-4(5(7)10-12)6(11)9-2-3-15(8,13)14/h4,12H,2-3H2,1H3,(H2,7,10)(H,9,11)(H2,8,13,14). The van der Waals surface area contributed by atoms with Crippen molar-refractivity contribution in [2.24, 2.45) is 21.9 Å². The van der Waals surface area contributed by atoms with E-state index in [4.69, 9.17) is 16.1 Å². The van der Waals surface area contributed by atoms with E-state index in [1.54, 1.807) is 0 Å². The maximum Gasteiger partial charge on any atom is 0.230 e. The summed E-state index contributed by atoms with van der Waals surface area (Å²) in [6.07, 6.45) is 0. The maximum absolute atomic E-state index is 11.2. The number of nitrogens with zero attached hydrogens (tertiary/aromatic N) is 1. The van der Waals surface area contributed by atoms with E-state index in [-0.39, 0.29) is 18.1 Å². The van der Waals surface area contributed by atoms with E-state index in [1.165, 1.54) is 6.92 Å². The second kappa shape index (κ2) is 5.51. The van der Waals surface area contributed by atoms with Gasteiger partial charge >= 0.3 is 0 Å². The zero-order valence-corrected chi connectivity index (χ0v) is 8.99. The van der Waals surface area contributed by atoms with Gasteiger partial charge in [0.1, 0.15) is 0 Å². The largest absolute Gasteiger partial charge is 0.409 e. The monoisotopic (exact) mass is 238 g/mol. The fourth-order valence-corrected chi connectivity index (χ4v) is 1.08. The number of carbonyl (C=O) groups is 1. The summed E-state index contributed by atoms with van der Waals surface area (Å²) in [5.74, 6) is -1.96. The fourth-order valence-electron chi connectivity index (χ4n) is 0.690. The van der Waals surface area contributed by atoms with E-state index in [1.807, 2.05) is 0 Å². The van der Waals surface area contributed by atoms with Gasteiger partial charge in [-0.1, -0.05) is 5.16 Å². The van der Waals surface area contributed by atoms with Crippen LogP contribution in [0.5, 0.6) is 0 Å². The number of rotatable bonds is 5. The van der Waals surface area contributed by atoms with Crippen molar-refractivity contribution in [2.75, 3.05) is 12.3 Å². The first-order chi connectivity index (χ1) is 6.78. The van der Waals surface area contributed by atoms with E-state index in [0.717, 1.165) is 0 Å². The number of sulfonamides is 1. The van der Waals surface area contributed by atoms with Crippen molar-refractivity contribution in [3.8, 4) is 0 Å². The van der Waals surface area contributed by atoms with Gasteiger partial charge in [0.25, 0.3) is 0 Å². The summed E-state index contributed by atoms with van der Waals surface area (Å²) in [7, 11) is -3.60. The summed E-state index contributed by atoms with van der Waals surface area (Å²) in [6, 6.07) is 0. The van der Waals surface area contributed by atoms with Crippen molar-refractivity contribution in [3.63, 3.8) is 0 Å². The average molecular weight is 238 g/mol. The molecule has 0 radical (unpaired) electrons. The fraction of sp³-hybridized carbons (Fsp3) is 0.667. The number of hydrogen-bond donors (Lipinski definition) is 4. The quantitative estimate of drug-likeness (QED) is 0.185. The van der Waals surface area contributed by atoms with Gasteiger partial charge in [-0.05, 0) is 6.92 Å². The van der Waals surface area contributed by atoms with Crippen molar-refractivity contribution in [1.82, 2.24) is 5.32 Å². The van der Waals surface area contributed by atoms with Crippen molar-refractivity contribution in [2.45, 2.75) is 6.92 Å². The molecule has 0 saturated carbocycles. The Morgan fingerprint density at radius 1 is 1.60 bits per heavy atom. The minimum absolute atomic E-state index is 0.110. The second-order valence-electron chi connectivity index (χ2n) is 2.90. The van der Waals surface area contributed by atoms with Crippen LogP contribution in [0.15, 0.2) is 5.16 Å². The molecular formula is C6H14N4O4S. The number of hydrogen-bond acceptors (Lipinski definition) is 5. The molecule has 0 aromatic rings. The molecule has 0 bridgehead atoms. The molecule has 8 nitrogen and oxygen atoms in total. The normalized spacial score (nSPS) is 14.7. The number of amides is 1. The molecule has 0 spiro atoms. The summed E-state index contributed by atoms with van der Waals surface area (Å²) >= 11 is 0. The molecule has 0 fully saturated rings. The lowest BCUT2D eigenvalue weighted by atomic mass is 10.1. The van der Waals surface area contributed by atoms with Gasteiger partial charge in [0.15, 0.2) is 5.84 Å². The zero-order valence-electron chi connectivity index (χ0n) is 8.17. The van der Waals surface area contributed by atoms with E-state index in [2.05, 4.69) is 10.5 Å². The van der Waals surface area contributed by atoms with Gasteiger partial charge in [0.05, 0.1) is 11.7 Å². The lowest BCUT2D eigenvalue weighted by molar-refractivity contribution is -0.122. The van der Waals surface area contributed by atoms with E-state index in [0.29, 0.717) is 0 Å². The van der Waals surface area contributed by atoms with Crippen LogP contribution in [0.4, 0.5) is 0 Å². The Balaban J connectivity index is 4.06. The Morgan fingerprint density at radius 3 is 2.53 bits per heavy atom. The second-order valence-corrected chi connectivity index (χ2v) is 4.64. The van der Waals surface area contributed by atoms with Gasteiger partial charge in [0, 0.05) is 6.54 Å². The molecule has 6 N–H and O–H groups in total. The molecular weight excluding hydrogens is 224 g/mol. The predicted molar refractivity (Wildman–Crippen MR) is 53.6 cm³/mol. The number of carbonyl (C=O) groups excluding carboxylic acids is 1. The van der Waals surface area contributed by atoms with Crippen LogP contribution in [0, 0.1) is 5.92 Å². The molecule has 0 aromatic carbocycles. The van der Waals surface area contributed by atoms with E-state index in [9.17, 15) is 13.2 Å². The Morgan fingerprint density at radius 2 is 2.13 bits per heavy atom. The van der Waals surface area contributed by atoms with E-state index < -0.39 is 21.8 Å². The highest BCUT2D eigenvalue weighted by atomic mass is 32.2. The van der Waals surface area contributed by atoms with Crippen molar-refractivity contribution in [1.29, 1.82) is 0 Å². The van der Waals surface area contributed by atoms with Crippen molar-refractivity contribution in [3.05, 3.63) is 0 Å². The first-order valence-corrected chi connectivity index (χ1v) is 5.75. The highest BCUT2D eigenvalue weighted by Crippen LogP contribution is 1.94. The molecule has 0 aliphatic heterocycles. The lowest BCUT2D eigenvalue weighted by Gasteiger charge is -2.09. The average Bonchev–Trinajstić information content (AvgIpc) is 2.13. The number of amidine groups is 1. The third kappa shape index (κ3) is 5.86. The van der Waals surface area contributed by atoms with Gasteiger partial charge in [-0.25, -0.2) is 13.6 Å². The van der Waals surface area contributed by atoms with Crippen LogP contribution in [0.25, 0.3) is 0 Å². The maximum atomic E-state index is 11.2. The molecule has 88 valence electrons. The Labute approximate surface area is 87.4 Å². The van der Waals surface area contributed by atoms with Crippen molar-refractivity contribution < 1.29 is 18.4 Å². The van der Waals surface area contributed by atoms with Crippen LogP contribution in [0.2, 0.25) is 0 Å². The minimum atomic E-state index is -3.60. The van der Waals surface area contributed by atoms with Gasteiger partial charge in [-0.2, -0.15) is 0 Å². The van der Waals surface area contributed by atoms with Crippen LogP contribution in [0.1, 0.15) is 6.92 Å². The van der Waals surface area contributed by atoms with Crippen LogP contribution >= 0.6 is 0 Å². The summed E-state index contributed by atoms with van der Waals surface area (Å²) in [5, 5.41) is 17.9. The number of oxime groups is 1. The highest BCUT2D eigenvalue weighted by Gasteiger charge is 2.17. The van der Waals surface area contributed by atoms with Gasteiger partial charge < -0.3 is 16.3 Å². The molecule has 0 aromatic heterocycles. The molecule has 1 amide bonds. The lowest BCUT2D eigenvalue weighted by Crippen LogP contribution is -2.39. The first-order valence-electron chi connectivity index (χ1n) is 4.03. The van der Waals surface area contributed by atoms with Crippen LogP contribution < -0.4 is 16.2 Å². The minimum Gasteiger partial charge on any atom is -0.409 e. The Kier molecular flexibility index (Phi) is 5.02.